The van der Waals surface area contributed by atoms with Crippen molar-refractivity contribution in [2.45, 2.75) is 26.4 Å². The van der Waals surface area contributed by atoms with Crippen LogP contribution in [0.15, 0.2) is 24.3 Å². The van der Waals surface area contributed by atoms with Gasteiger partial charge in [0.25, 0.3) is 6.43 Å². The maximum atomic E-state index is 12.4. The van der Waals surface area contributed by atoms with Crippen molar-refractivity contribution < 1.29 is 22.4 Å². The third-order valence-electron chi connectivity index (χ3n) is 2.26. The van der Waals surface area contributed by atoms with Crippen LogP contribution >= 0.6 is 7.60 Å². The smallest absolute Gasteiger partial charge is 0.309 e. The highest BCUT2D eigenvalue weighted by Gasteiger charge is 2.24. The van der Waals surface area contributed by atoms with Crippen LogP contribution in [0.25, 0.3) is 0 Å². The lowest BCUT2D eigenvalue weighted by Gasteiger charge is -2.17. The van der Waals surface area contributed by atoms with E-state index in [1.165, 1.54) is 24.3 Å². The van der Waals surface area contributed by atoms with E-state index in [-0.39, 0.29) is 24.9 Å². The summed E-state index contributed by atoms with van der Waals surface area (Å²) in [6.07, 6.45) is -2.40. The molecule has 0 heterocycles. The Bertz CT molecular complexity index is 396. The molecule has 18 heavy (non-hydrogen) atoms. The summed E-state index contributed by atoms with van der Waals surface area (Å²) in [7, 11) is -3.17. The Morgan fingerprint density at radius 2 is 1.61 bits per heavy atom. The van der Waals surface area contributed by atoms with Gasteiger partial charge in [-0.3, -0.25) is 4.57 Å². The minimum absolute atomic E-state index is 0.0543. The molecule has 102 valence electrons. The van der Waals surface area contributed by atoms with Crippen LogP contribution in [-0.2, 0) is 19.8 Å². The van der Waals surface area contributed by atoms with Crippen molar-refractivity contribution >= 4 is 7.60 Å². The zero-order valence-electron chi connectivity index (χ0n) is 10.4. The molecule has 0 radical (unpaired) electrons. The van der Waals surface area contributed by atoms with Crippen LogP contribution in [0.5, 0.6) is 0 Å². The molecule has 1 aromatic rings. The van der Waals surface area contributed by atoms with Crippen molar-refractivity contribution in [2.24, 2.45) is 0 Å². The van der Waals surface area contributed by atoms with Gasteiger partial charge in [-0.2, -0.15) is 0 Å². The summed E-state index contributed by atoms with van der Waals surface area (Å²) >= 11 is 0. The standard InChI is InChI=1S/C12H17F2O3P/c1-3-16-18(15,17-4-2)9-10-5-7-11(8-6-10)12(13)14/h5-8,12H,3-4,9H2,1-2H3. The molecule has 0 aromatic heterocycles. The third kappa shape index (κ3) is 4.48. The average molecular weight is 278 g/mol. The molecule has 0 saturated carbocycles. The largest absolute Gasteiger partial charge is 0.335 e. The quantitative estimate of drug-likeness (QED) is 0.694. The lowest BCUT2D eigenvalue weighted by atomic mass is 10.2. The second-order valence-corrected chi connectivity index (χ2v) is 5.70. The summed E-state index contributed by atoms with van der Waals surface area (Å²) < 4.78 is 47.2. The van der Waals surface area contributed by atoms with Crippen molar-refractivity contribution in [3.63, 3.8) is 0 Å². The van der Waals surface area contributed by atoms with Crippen LogP contribution in [-0.4, -0.2) is 13.2 Å². The van der Waals surface area contributed by atoms with Crippen molar-refractivity contribution in [3.8, 4) is 0 Å². The van der Waals surface area contributed by atoms with Gasteiger partial charge in [-0.25, -0.2) is 8.78 Å². The Morgan fingerprint density at radius 3 is 2.00 bits per heavy atom. The molecule has 0 amide bonds. The second-order valence-electron chi connectivity index (χ2n) is 3.65. The molecule has 0 atom stereocenters. The summed E-state index contributed by atoms with van der Waals surface area (Å²) in [5.74, 6) is 0. The molecule has 0 aliphatic carbocycles. The van der Waals surface area contributed by atoms with Gasteiger partial charge in [0.2, 0.25) is 0 Å². The van der Waals surface area contributed by atoms with Gasteiger partial charge in [-0.15, -0.1) is 0 Å². The van der Waals surface area contributed by atoms with Crippen LogP contribution in [0, 0.1) is 0 Å². The minimum Gasteiger partial charge on any atom is -0.309 e. The van der Waals surface area contributed by atoms with Crippen molar-refractivity contribution in [2.75, 3.05) is 13.2 Å². The Hall–Kier alpha value is -0.770. The first-order valence-corrected chi connectivity index (χ1v) is 7.48. The number of hydrogen-bond donors (Lipinski definition) is 0. The van der Waals surface area contributed by atoms with Gasteiger partial charge in [0.1, 0.15) is 0 Å². The van der Waals surface area contributed by atoms with Gasteiger partial charge < -0.3 is 9.05 Å². The van der Waals surface area contributed by atoms with E-state index >= 15 is 0 Å². The normalized spacial score (nSPS) is 12.1. The molecule has 0 aliphatic rings. The summed E-state index contributed by atoms with van der Waals surface area (Å²) in [5.41, 5.74) is 0.603. The van der Waals surface area contributed by atoms with Crippen molar-refractivity contribution in [3.05, 3.63) is 35.4 Å². The fourth-order valence-electron chi connectivity index (χ4n) is 1.51. The highest BCUT2D eigenvalue weighted by Crippen LogP contribution is 2.51. The molecule has 0 bridgehead atoms. The number of benzene rings is 1. The number of hydrogen-bond acceptors (Lipinski definition) is 3. The first-order chi connectivity index (χ1) is 8.50. The SMILES string of the molecule is CCOP(=O)(Cc1ccc(C(F)F)cc1)OCC. The zero-order valence-corrected chi connectivity index (χ0v) is 11.3. The fraction of sp³-hybridized carbons (Fsp3) is 0.500. The van der Waals surface area contributed by atoms with Crippen LogP contribution in [0.2, 0.25) is 0 Å². The van der Waals surface area contributed by atoms with Gasteiger partial charge in [-0.05, 0) is 19.4 Å². The summed E-state index contributed by atoms with van der Waals surface area (Å²) in [5, 5.41) is 0. The molecule has 1 aromatic carbocycles. The topological polar surface area (TPSA) is 35.5 Å². The fourth-order valence-corrected chi connectivity index (χ4v) is 3.22. The molecule has 3 nitrogen and oxygen atoms in total. The predicted octanol–water partition coefficient (Wildman–Crippen LogP) is 4.39. The molecule has 0 fully saturated rings. The molecule has 0 unspecified atom stereocenters. The van der Waals surface area contributed by atoms with E-state index in [0.29, 0.717) is 5.56 Å². The van der Waals surface area contributed by atoms with Crippen LogP contribution in [0.1, 0.15) is 31.4 Å². The molecule has 0 N–H and O–H groups in total. The summed E-state index contributed by atoms with van der Waals surface area (Å²) in [6.45, 7) is 4.02. The zero-order chi connectivity index (χ0) is 13.6. The van der Waals surface area contributed by atoms with E-state index < -0.39 is 14.0 Å². The predicted molar refractivity (Wildman–Crippen MR) is 66.0 cm³/mol. The molecule has 0 saturated heterocycles. The first-order valence-electron chi connectivity index (χ1n) is 5.76. The van der Waals surface area contributed by atoms with E-state index in [1.54, 1.807) is 13.8 Å². The minimum atomic E-state index is -3.17. The van der Waals surface area contributed by atoms with Gasteiger partial charge in [0.15, 0.2) is 0 Å². The van der Waals surface area contributed by atoms with Crippen molar-refractivity contribution in [1.29, 1.82) is 0 Å². The van der Waals surface area contributed by atoms with Gasteiger partial charge in [-0.1, -0.05) is 24.3 Å². The Kier molecular flexibility index (Phi) is 5.93. The number of rotatable bonds is 7. The van der Waals surface area contributed by atoms with E-state index in [2.05, 4.69) is 0 Å². The second kappa shape index (κ2) is 6.98. The maximum absolute atomic E-state index is 12.4. The summed E-state index contributed by atoms with van der Waals surface area (Å²) in [4.78, 5) is 0. The lowest BCUT2D eigenvalue weighted by molar-refractivity contribution is 0.151. The Morgan fingerprint density at radius 1 is 1.11 bits per heavy atom. The highest BCUT2D eigenvalue weighted by molar-refractivity contribution is 7.53. The van der Waals surface area contributed by atoms with Gasteiger partial charge in [0, 0.05) is 5.56 Å². The van der Waals surface area contributed by atoms with E-state index in [1.807, 2.05) is 0 Å². The highest BCUT2D eigenvalue weighted by atomic mass is 31.2. The van der Waals surface area contributed by atoms with E-state index in [4.69, 9.17) is 9.05 Å². The van der Waals surface area contributed by atoms with E-state index in [0.717, 1.165) is 0 Å². The van der Waals surface area contributed by atoms with Gasteiger partial charge in [0.05, 0.1) is 19.4 Å². The maximum Gasteiger partial charge on any atom is 0.335 e. The number of halogens is 2. The molecule has 0 aliphatic heterocycles. The molecular weight excluding hydrogens is 261 g/mol. The molecule has 6 heteroatoms. The monoisotopic (exact) mass is 278 g/mol. The van der Waals surface area contributed by atoms with Crippen molar-refractivity contribution in [1.82, 2.24) is 0 Å². The van der Waals surface area contributed by atoms with E-state index in [9.17, 15) is 13.3 Å². The lowest BCUT2D eigenvalue weighted by Crippen LogP contribution is -1.99. The van der Waals surface area contributed by atoms with Crippen LogP contribution in [0.3, 0.4) is 0 Å². The molecule has 0 spiro atoms. The molecular formula is C12H17F2O3P. The Labute approximate surface area is 106 Å². The Balaban J connectivity index is 2.78. The third-order valence-corrected chi connectivity index (χ3v) is 4.32. The average Bonchev–Trinajstić information content (AvgIpc) is 2.30. The summed E-state index contributed by atoms with van der Waals surface area (Å²) in [6, 6.07) is 5.68. The van der Waals surface area contributed by atoms with Crippen LogP contribution < -0.4 is 0 Å². The molecule has 1 rings (SSSR count). The number of alkyl halides is 2. The van der Waals surface area contributed by atoms with Gasteiger partial charge >= 0.3 is 7.60 Å². The van der Waals surface area contributed by atoms with Crippen LogP contribution in [0.4, 0.5) is 8.78 Å². The first kappa shape index (κ1) is 15.3.